The molecule has 0 N–H and O–H groups in total. The molecule has 2 heterocycles. The van der Waals surface area contributed by atoms with E-state index < -0.39 is 0 Å². The van der Waals surface area contributed by atoms with Crippen molar-refractivity contribution in [2.75, 3.05) is 24.6 Å². The molecule has 0 aliphatic carbocycles. The minimum absolute atomic E-state index is 0.291. The molecule has 1 aliphatic rings. The van der Waals surface area contributed by atoms with Gasteiger partial charge in [0.2, 0.25) is 0 Å². The van der Waals surface area contributed by atoms with E-state index in [1.165, 1.54) is 12.1 Å². The van der Waals surface area contributed by atoms with Gasteiger partial charge in [-0.3, -0.25) is 0 Å². The Labute approximate surface area is 93.8 Å². The Morgan fingerprint density at radius 2 is 2.38 bits per heavy atom. The molecule has 0 radical (unpaired) electrons. The van der Waals surface area contributed by atoms with Crippen LogP contribution in [0.4, 0.5) is 5.69 Å². The Morgan fingerprint density at radius 1 is 1.44 bits per heavy atom. The maximum absolute atomic E-state index is 5.52. The molecule has 1 aliphatic heterocycles. The number of hydrogen-bond acceptors (Lipinski definition) is 4. The van der Waals surface area contributed by atoms with Crippen LogP contribution in [0.15, 0.2) is 29.0 Å². The van der Waals surface area contributed by atoms with E-state index in [-0.39, 0.29) is 0 Å². The molecule has 16 heavy (non-hydrogen) atoms. The number of hydrogen-bond donors (Lipinski definition) is 0. The van der Waals surface area contributed by atoms with Gasteiger partial charge in [0.1, 0.15) is 5.52 Å². The lowest BCUT2D eigenvalue weighted by Gasteiger charge is -2.32. The summed E-state index contributed by atoms with van der Waals surface area (Å²) >= 11 is 0. The van der Waals surface area contributed by atoms with Crippen LogP contribution in [0, 0.1) is 0 Å². The number of anilines is 1. The number of nitrogens with zero attached hydrogens (tertiary/aromatic N) is 2. The molecule has 1 atom stereocenters. The van der Waals surface area contributed by atoms with E-state index in [2.05, 4.69) is 22.9 Å². The lowest BCUT2D eigenvalue weighted by molar-refractivity contribution is 0.0532. The predicted molar refractivity (Wildman–Crippen MR) is 61.6 cm³/mol. The molecule has 0 spiro atoms. The highest BCUT2D eigenvalue weighted by atomic mass is 16.5. The van der Waals surface area contributed by atoms with Crippen molar-refractivity contribution in [2.45, 2.75) is 13.0 Å². The molecular formula is C12H14N2O2. The molecule has 0 saturated carbocycles. The van der Waals surface area contributed by atoms with Crippen LogP contribution in [-0.4, -0.2) is 30.8 Å². The number of oxazole rings is 1. The van der Waals surface area contributed by atoms with Crippen molar-refractivity contribution in [1.29, 1.82) is 0 Å². The van der Waals surface area contributed by atoms with E-state index in [1.807, 2.05) is 12.1 Å². The molecule has 1 saturated heterocycles. The van der Waals surface area contributed by atoms with Crippen molar-refractivity contribution < 1.29 is 9.15 Å². The lowest BCUT2D eigenvalue weighted by atomic mass is 10.2. The molecule has 1 unspecified atom stereocenters. The third-order valence-electron chi connectivity index (χ3n) is 2.92. The average Bonchev–Trinajstić information content (AvgIpc) is 2.75. The highest BCUT2D eigenvalue weighted by Crippen LogP contribution is 2.22. The number of rotatable bonds is 1. The largest absolute Gasteiger partial charge is 0.443 e. The number of fused-ring (bicyclic) bond motifs is 1. The van der Waals surface area contributed by atoms with Crippen LogP contribution in [0.2, 0.25) is 0 Å². The fourth-order valence-corrected chi connectivity index (χ4v) is 2.09. The second-order valence-corrected chi connectivity index (χ2v) is 4.13. The second-order valence-electron chi connectivity index (χ2n) is 4.13. The molecule has 4 heteroatoms. The van der Waals surface area contributed by atoms with Gasteiger partial charge in [-0.1, -0.05) is 0 Å². The summed E-state index contributed by atoms with van der Waals surface area (Å²) in [5, 5.41) is 0. The third-order valence-corrected chi connectivity index (χ3v) is 2.92. The quantitative estimate of drug-likeness (QED) is 0.734. The Morgan fingerprint density at radius 3 is 3.25 bits per heavy atom. The summed E-state index contributed by atoms with van der Waals surface area (Å²) in [7, 11) is 0. The van der Waals surface area contributed by atoms with Gasteiger partial charge < -0.3 is 14.1 Å². The minimum Gasteiger partial charge on any atom is -0.443 e. The maximum Gasteiger partial charge on any atom is 0.181 e. The van der Waals surface area contributed by atoms with Gasteiger partial charge in [0.25, 0.3) is 0 Å². The number of aromatic nitrogens is 1. The topological polar surface area (TPSA) is 38.5 Å². The Balaban J connectivity index is 1.92. The van der Waals surface area contributed by atoms with E-state index in [4.69, 9.17) is 9.15 Å². The van der Waals surface area contributed by atoms with Gasteiger partial charge in [-0.05, 0) is 19.1 Å². The predicted octanol–water partition coefficient (Wildman–Crippen LogP) is 2.05. The van der Waals surface area contributed by atoms with Crippen molar-refractivity contribution >= 4 is 16.8 Å². The first-order valence-electron chi connectivity index (χ1n) is 5.53. The molecule has 3 rings (SSSR count). The second kappa shape index (κ2) is 3.79. The van der Waals surface area contributed by atoms with Gasteiger partial charge in [-0.15, -0.1) is 0 Å². The van der Waals surface area contributed by atoms with Crippen molar-refractivity contribution in [2.24, 2.45) is 0 Å². The van der Waals surface area contributed by atoms with E-state index in [0.717, 1.165) is 30.8 Å². The summed E-state index contributed by atoms with van der Waals surface area (Å²) < 4.78 is 10.8. The SMILES string of the molecule is CC1CN(c2ccc3ncoc3c2)CCO1. The van der Waals surface area contributed by atoms with Crippen molar-refractivity contribution in [3.8, 4) is 0 Å². The van der Waals surface area contributed by atoms with Gasteiger partial charge in [0.05, 0.1) is 12.7 Å². The van der Waals surface area contributed by atoms with Crippen LogP contribution < -0.4 is 4.90 Å². The molecule has 1 fully saturated rings. The molecule has 84 valence electrons. The minimum atomic E-state index is 0.291. The first kappa shape index (κ1) is 9.66. The van der Waals surface area contributed by atoms with Crippen LogP contribution in [0.1, 0.15) is 6.92 Å². The molecule has 0 bridgehead atoms. The molecule has 1 aromatic heterocycles. The monoisotopic (exact) mass is 218 g/mol. The van der Waals surface area contributed by atoms with Crippen LogP contribution >= 0.6 is 0 Å². The fourth-order valence-electron chi connectivity index (χ4n) is 2.09. The van der Waals surface area contributed by atoms with Gasteiger partial charge in [-0.2, -0.15) is 0 Å². The van der Waals surface area contributed by atoms with Gasteiger partial charge in [-0.25, -0.2) is 4.98 Å². The van der Waals surface area contributed by atoms with Crippen molar-refractivity contribution in [3.63, 3.8) is 0 Å². The number of benzene rings is 1. The summed E-state index contributed by atoms with van der Waals surface area (Å²) in [5.74, 6) is 0. The highest BCUT2D eigenvalue weighted by molar-refractivity contribution is 5.77. The number of morpholine rings is 1. The lowest BCUT2D eigenvalue weighted by Crippen LogP contribution is -2.41. The zero-order valence-electron chi connectivity index (χ0n) is 9.22. The fraction of sp³-hybridized carbons (Fsp3) is 0.417. The summed E-state index contributed by atoms with van der Waals surface area (Å²) in [4.78, 5) is 6.43. The molecule has 2 aromatic rings. The first-order chi connectivity index (χ1) is 7.83. The van der Waals surface area contributed by atoms with Gasteiger partial charge in [0.15, 0.2) is 12.0 Å². The molecule has 4 nitrogen and oxygen atoms in total. The molecular weight excluding hydrogens is 204 g/mol. The van der Waals surface area contributed by atoms with Crippen molar-refractivity contribution in [3.05, 3.63) is 24.6 Å². The summed E-state index contributed by atoms with van der Waals surface area (Å²) in [6.07, 6.45) is 1.77. The summed E-state index contributed by atoms with van der Waals surface area (Å²) in [6.45, 7) is 4.75. The van der Waals surface area contributed by atoms with Crippen molar-refractivity contribution in [1.82, 2.24) is 4.98 Å². The van der Waals surface area contributed by atoms with E-state index >= 15 is 0 Å². The zero-order valence-corrected chi connectivity index (χ0v) is 9.22. The van der Waals surface area contributed by atoms with E-state index in [1.54, 1.807) is 0 Å². The van der Waals surface area contributed by atoms with Crippen LogP contribution in [0.5, 0.6) is 0 Å². The van der Waals surface area contributed by atoms with Gasteiger partial charge >= 0.3 is 0 Å². The normalized spacial score (nSPS) is 21.6. The van der Waals surface area contributed by atoms with E-state index in [9.17, 15) is 0 Å². The maximum atomic E-state index is 5.52. The average molecular weight is 218 g/mol. The Bertz CT molecular complexity index is 494. The van der Waals surface area contributed by atoms with Crippen LogP contribution in [0.25, 0.3) is 11.1 Å². The summed E-state index contributed by atoms with van der Waals surface area (Å²) in [5.41, 5.74) is 2.93. The Hall–Kier alpha value is -1.55. The highest BCUT2D eigenvalue weighted by Gasteiger charge is 2.17. The zero-order chi connectivity index (χ0) is 11.0. The first-order valence-corrected chi connectivity index (χ1v) is 5.53. The molecule has 1 aromatic carbocycles. The van der Waals surface area contributed by atoms with Crippen LogP contribution in [-0.2, 0) is 4.74 Å². The Kier molecular flexibility index (Phi) is 2.29. The standard InChI is InChI=1S/C12H14N2O2/c1-9-7-14(4-5-15-9)10-2-3-11-12(6-10)16-8-13-11/h2-3,6,8-9H,4-5,7H2,1H3. The third kappa shape index (κ3) is 1.65. The van der Waals surface area contributed by atoms with Crippen LogP contribution in [0.3, 0.4) is 0 Å². The van der Waals surface area contributed by atoms with E-state index in [0.29, 0.717) is 6.10 Å². The summed E-state index contributed by atoms with van der Waals surface area (Å²) in [6, 6.07) is 6.12. The smallest absolute Gasteiger partial charge is 0.181 e. The van der Waals surface area contributed by atoms with Gasteiger partial charge in [0, 0.05) is 24.8 Å². The number of ether oxygens (including phenoxy) is 1. The molecule has 0 amide bonds.